The molecule has 1 N–H and O–H groups in total. The number of pyridine rings is 1. The summed E-state index contributed by atoms with van der Waals surface area (Å²) in [7, 11) is 1.33. The van der Waals surface area contributed by atoms with Gasteiger partial charge in [0.25, 0.3) is 0 Å². The highest BCUT2D eigenvalue weighted by Crippen LogP contribution is 2.40. The zero-order valence-corrected chi connectivity index (χ0v) is 19.9. The van der Waals surface area contributed by atoms with Crippen LogP contribution in [0.5, 0.6) is 5.75 Å². The Morgan fingerprint density at radius 1 is 1.14 bits per heavy atom. The van der Waals surface area contributed by atoms with E-state index in [9.17, 15) is 9.59 Å². The van der Waals surface area contributed by atoms with Crippen LogP contribution in [-0.2, 0) is 22.4 Å². The number of aromatic amines is 1. The first kappa shape index (κ1) is 22.1. The largest absolute Gasteiger partial charge is 0.493 e. The molecule has 0 radical (unpaired) electrons. The number of carbonyl (C=O) groups is 2. The van der Waals surface area contributed by atoms with Crippen LogP contribution in [0.2, 0.25) is 0 Å². The molecule has 2 aromatic heterocycles. The summed E-state index contributed by atoms with van der Waals surface area (Å²) in [4.78, 5) is 35.0. The van der Waals surface area contributed by atoms with Crippen LogP contribution in [0, 0.1) is 0 Å². The molecule has 0 aliphatic carbocycles. The van der Waals surface area contributed by atoms with Crippen LogP contribution in [0.3, 0.4) is 0 Å². The molecule has 180 valence electrons. The first-order valence-electron chi connectivity index (χ1n) is 12.0. The highest BCUT2D eigenvalue weighted by Gasteiger charge is 2.34. The number of aromatic nitrogens is 2. The molecular weight excluding hydrogens is 454 g/mol. The Kier molecular flexibility index (Phi) is 5.52. The summed E-state index contributed by atoms with van der Waals surface area (Å²) >= 11 is 0. The Hall–Kier alpha value is -4.39. The molecular formula is C29H25N3O4. The minimum atomic E-state index is -0.445. The van der Waals surface area contributed by atoms with Crippen molar-refractivity contribution >= 4 is 28.9 Å². The van der Waals surface area contributed by atoms with Crippen LogP contribution in [0.15, 0.2) is 66.9 Å². The molecule has 4 aromatic rings. The first-order chi connectivity index (χ1) is 17.6. The summed E-state index contributed by atoms with van der Waals surface area (Å²) in [6.07, 6.45) is 6.32. The third-order valence-electron chi connectivity index (χ3n) is 6.95. The zero-order chi connectivity index (χ0) is 24.6. The number of H-pyrrole nitrogens is 1. The van der Waals surface area contributed by atoms with Gasteiger partial charge in [0.2, 0.25) is 5.91 Å². The highest BCUT2D eigenvalue weighted by molar-refractivity contribution is 5.93. The van der Waals surface area contributed by atoms with Crippen molar-refractivity contribution in [2.45, 2.75) is 18.9 Å². The van der Waals surface area contributed by atoms with Crippen molar-refractivity contribution in [3.63, 3.8) is 0 Å². The lowest BCUT2D eigenvalue weighted by Crippen LogP contribution is -2.39. The van der Waals surface area contributed by atoms with E-state index in [1.54, 1.807) is 24.3 Å². The average Bonchev–Trinajstić information content (AvgIpc) is 3.55. The van der Waals surface area contributed by atoms with Gasteiger partial charge in [0.15, 0.2) is 0 Å². The lowest BCUT2D eigenvalue weighted by molar-refractivity contribution is -0.128. The normalized spacial score (nSPS) is 16.6. The fourth-order valence-corrected chi connectivity index (χ4v) is 5.20. The van der Waals surface area contributed by atoms with Crippen LogP contribution >= 0.6 is 0 Å². The summed E-state index contributed by atoms with van der Waals surface area (Å²) < 4.78 is 10.4. The maximum Gasteiger partial charge on any atom is 0.339 e. The van der Waals surface area contributed by atoms with E-state index in [0.717, 1.165) is 35.4 Å². The standard InChI is InChI=1S/C29H25N3O4/c1-35-29(34)20-6-8-21(30-17-20)9-11-26(33)32-14-12-23-22-4-2-3-5-24(22)31-27(23)28(32)19-7-10-25-18(16-19)13-15-36-25/h2-11,16-17,28,31H,12-15H2,1H3/b11-9+/t28-/m1/s1. The number of amides is 1. The van der Waals surface area contributed by atoms with Gasteiger partial charge in [-0.15, -0.1) is 0 Å². The summed E-state index contributed by atoms with van der Waals surface area (Å²) in [6, 6.07) is 17.6. The molecule has 36 heavy (non-hydrogen) atoms. The lowest BCUT2D eigenvalue weighted by Gasteiger charge is -2.36. The molecule has 0 unspecified atom stereocenters. The number of hydrogen-bond acceptors (Lipinski definition) is 5. The summed E-state index contributed by atoms with van der Waals surface area (Å²) in [5.74, 6) is 0.379. The Bertz CT molecular complexity index is 1500. The van der Waals surface area contributed by atoms with Crippen LogP contribution in [0.1, 0.15) is 44.5 Å². The second-order valence-corrected chi connectivity index (χ2v) is 9.01. The van der Waals surface area contributed by atoms with Gasteiger partial charge in [-0.25, -0.2) is 4.79 Å². The average molecular weight is 480 g/mol. The van der Waals surface area contributed by atoms with Crippen molar-refractivity contribution < 1.29 is 19.1 Å². The fraction of sp³-hybridized carbons (Fsp3) is 0.207. The maximum atomic E-state index is 13.5. The molecule has 1 atom stereocenters. The van der Waals surface area contributed by atoms with Gasteiger partial charge in [0, 0.05) is 41.8 Å². The molecule has 6 rings (SSSR count). The van der Waals surface area contributed by atoms with E-state index < -0.39 is 5.97 Å². The van der Waals surface area contributed by atoms with Crippen molar-refractivity contribution in [3.05, 3.63) is 101 Å². The fourth-order valence-electron chi connectivity index (χ4n) is 5.20. The minimum Gasteiger partial charge on any atom is -0.493 e. The summed E-state index contributed by atoms with van der Waals surface area (Å²) in [5.41, 5.74) is 6.60. The van der Waals surface area contributed by atoms with Gasteiger partial charge in [-0.2, -0.15) is 0 Å². The highest BCUT2D eigenvalue weighted by atomic mass is 16.5. The second kappa shape index (κ2) is 9.00. The molecule has 1 amide bonds. The summed E-state index contributed by atoms with van der Waals surface area (Å²) in [5, 5.41) is 1.21. The van der Waals surface area contributed by atoms with E-state index in [1.807, 2.05) is 17.0 Å². The Morgan fingerprint density at radius 3 is 2.86 bits per heavy atom. The topological polar surface area (TPSA) is 84.5 Å². The third kappa shape index (κ3) is 3.82. The molecule has 0 saturated heterocycles. The van der Waals surface area contributed by atoms with Crippen molar-refractivity contribution in [2.24, 2.45) is 0 Å². The van der Waals surface area contributed by atoms with Crippen LogP contribution in [0.25, 0.3) is 17.0 Å². The van der Waals surface area contributed by atoms with Gasteiger partial charge in [-0.1, -0.05) is 24.3 Å². The molecule has 0 bridgehead atoms. The Morgan fingerprint density at radius 2 is 2.03 bits per heavy atom. The van der Waals surface area contributed by atoms with E-state index >= 15 is 0 Å². The number of carbonyl (C=O) groups excluding carboxylic acids is 2. The van der Waals surface area contributed by atoms with Gasteiger partial charge >= 0.3 is 5.97 Å². The predicted molar refractivity (Wildman–Crippen MR) is 136 cm³/mol. The first-order valence-corrected chi connectivity index (χ1v) is 12.0. The Balaban J connectivity index is 1.35. The number of methoxy groups -OCH3 is 1. The van der Waals surface area contributed by atoms with Gasteiger partial charge < -0.3 is 19.4 Å². The monoisotopic (exact) mass is 479 g/mol. The predicted octanol–water partition coefficient (Wildman–Crippen LogP) is 4.47. The number of ether oxygens (including phenoxy) is 2. The second-order valence-electron chi connectivity index (χ2n) is 9.01. The van der Waals surface area contributed by atoms with Crippen molar-refractivity contribution in [3.8, 4) is 5.75 Å². The molecule has 2 aliphatic heterocycles. The lowest BCUT2D eigenvalue weighted by atomic mass is 9.91. The van der Waals surface area contributed by atoms with E-state index in [4.69, 9.17) is 9.47 Å². The van der Waals surface area contributed by atoms with Gasteiger partial charge in [0.1, 0.15) is 5.75 Å². The van der Waals surface area contributed by atoms with Crippen LogP contribution in [-0.4, -0.2) is 47.0 Å². The quantitative estimate of drug-likeness (QED) is 0.345. The summed E-state index contributed by atoms with van der Waals surface area (Å²) in [6.45, 7) is 1.29. The molecule has 2 aromatic carbocycles. The van der Waals surface area contributed by atoms with Crippen molar-refractivity contribution in [1.29, 1.82) is 0 Å². The SMILES string of the molecule is COC(=O)c1ccc(/C=C/C(=O)N2CCc3c([nH]c4ccccc34)[C@H]2c2ccc3c(c2)CCO3)nc1. The molecule has 2 aliphatic rings. The maximum absolute atomic E-state index is 13.5. The minimum absolute atomic E-state index is 0.0973. The number of fused-ring (bicyclic) bond motifs is 4. The van der Waals surface area contributed by atoms with E-state index in [2.05, 4.69) is 40.3 Å². The Labute approximate surface area is 208 Å². The van der Waals surface area contributed by atoms with E-state index in [0.29, 0.717) is 24.4 Å². The molecule has 0 fully saturated rings. The number of esters is 1. The molecule has 0 saturated carbocycles. The number of benzene rings is 2. The number of para-hydroxylation sites is 1. The number of nitrogens with zero attached hydrogens (tertiary/aromatic N) is 2. The number of nitrogens with one attached hydrogen (secondary N) is 1. The van der Waals surface area contributed by atoms with Gasteiger partial charge in [-0.3, -0.25) is 9.78 Å². The van der Waals surface area contributed by atoms with Crippen LogP contribution < -0.4 is 4.74 Å². The molecule has 0 spiro atoms. The zero-order valence-electron chi connectivity index (χ0n) is 19.9. The number of hydrogen-bond donors (Lipinski definition) is 1. The smallest absolute Gasteiger partial charge is 0.339 e. The third-order valence-corrected chi connectivity index (χ3v) is 6.95. The van der Waals surface area contributed by atoms with Crippen molar-refractivity contribution in [2.75, 3.05) is 20.3 Å². The van der Waals surface area contributed by atoms with Gasteiger partial charge in [0.05, 0.1) is 31.0 Å². The van der Waals surface area contributed by atoms with E-state index in [-0.39, 0.29) is 11.9 Å². The molecule has 4 heterocycles. The van der Waals surface area contributed by atoms with Gasteiger partial charge in [-0.05, 0) is 59.5 Å². The van der Waals surface area contributed by atoms with E-state index in [1.165, 1.54) is 29.8 Å². The van der Waals surface area contributed by atoms with Crippen LogP contribution in [0.4, 0.5) is 0 Å². The molecule has 7 nitrogen and oxygen atoms in total. The van der Waals surface area contributed by atoms with Crippen molar-refractivity contribution in [1.82, 2.24) is 14.9 Å². The molecule has 7 heteroatoms. The number of rotatable bonds is 4.